The second-order valence-electron chi connectivity index (χ2n) is 9.69. The number of fused-ring (bicyclic) bond motifs is 4. The first-order chi connectivity index (χ1) is 18.2. The van der Waals surface area contributed by atoms with Gasteiger partial charge in [-0.3, -0.25) is 23.9 Å². The summed E-state index contributed by atoms with van der Waals surface area (Å²) in [5, 5.41) is 32.8. The van der Waals surface area contributed by atoms with Crippen molar-refractivity contribution in [2.45, 2.75) is 57.0 Å². The number of Topliss-reactive ketones (excluding diaryl/α,β-unsaturated/α-hetero) is 2. The number of aliphatic hydroxyl groups excluding tert-OH is 3. The lowest BCUT2D eigenvalue weighted by molar-refractivity contribution is -0.0432. The highest BCUT2D eigenvalue weighted by molar-refractivity contribution is 6.26. The van der Waals surface area contributed by atoms with Gasteiger partial charge in [0, 0.05) is 35.8 Å². The number of rotatable bonds is 5. The van der Waals surface area contributed by atoms with Crippen LogP contribution in [-0.4, -0.2) is 75.8 Å². The van der Waals surface area contributed by atoms with Crippen LogP contribution in [0.15, 0.2) is 22.4 Å². The zero-order valence-corrected chi connectivity index (χ0v) is 20.2. The van der Waals surface area contributed by atoms with Crippen molar-refractivity contribution in [2.75, 3.05) is 11.9 Å². The smallest absolute Gasteiger partial charge is 0.280 e. The maximum absolute atomic E-state index is 13.1. The van der Waals surface area contributed by atoms with Crippen LogP contribution in [-0.2, 0) is 17.9 Å². The number of imidazole rings is 1. The number of aromatic nitrogens is 5. The summed E-state index contributed by atoms with van der Waals surface area (Å²) in [5.41, 5.74) is 12.8. The second-order valence-corrected chi connectivity index (χ2v) is 9.69. The molecule has 5 heterocycles. The van der Waals surface area contributed by atoms with E-state index in [4.69, 9.17) is 16.2 Å². The Morgan fingerprint density at radius 1 is 1.26 bits per heavy atom. The molecule has 0 bridgehead atoms. The van der Waals surface area contributed by atoms with E-state index in [1.54, 1.807) is 4.57 Å². The third-order valence-electron chi connectivity index (χ3n) is 7.53. The van der Waals surface area contributed by atoms with Crippen LogP contribution in [0.4, 0.5) is 5.95 Å². The summed E-state index contributed by atoms with van der Waals surface area (Å²) in [6.07, 6.45) is -0.839. The predicted octanol–water partition coefficient (Wildman–Crippen LogP) is -1.84. The molecule has 2 aliphatic heterocycles. The van der Waals surface area contributed by atoms with Crippen molar-refractivity contribution >= 4 is 28.7 Å². The highest BCUT2D eigenvalue weighted by Gasteiger charge is 2.44. The Morgan fingerprint density at radius 3 is 2.71 bits per heavy atom. The van der Waals surface area contributed by atoms with E-state index in [-0.39, 0.29) is 64.8 Å². The monoisotopic (exact) mass is 526 g/mol. The van der Waals surface area contributed by atoms with Crippen molar-refractivity contribution in [2.24, 2.45) is 11.5 Å². The van der Waals surface area contributed by atoms with E-state index >= 15 is 0 Å². The van der Waals surface area contributed by atoms with Crippen LogP contribution in [0.25, 0.3) is 11.2 Å². The average molecular weight is 527 g/mol. The molecule has 1 fully saturated rings. The van der Waals surface area contributed by atoms with Gasteiger partial charge in [0.15, 0.2) is 11.2 Å². The molecular weight excluding hydrogens is 500 g/mol. The molecule has 9 N–H and O–H groups in total. The first-order valence-corrected chi connectivity index (χ1v) is 12.0. The normalized spacial score (nSPS) is 26.9. The molecule has 0 spiro atoms. The van der Waals surface area contributed by atoms with E-state index in [1.165, 1.54) is 17.8 Å². The molecule has 0 amide bonds. The third kappa shape index (κ3) is 3.30. The zero-order chi connectivity index (χ0) is 27.0. The van der Waals surface area contributed by atoms with Gasteiger partial charge in [-0.05, 0) is 6.92 Å². The number of aromatic amines is 1. The number of ketones is 2. The maximum atomic E-state index is 13.1. The van der Waals surface area contributed by atoms with Crippen LogP contribution in [0.5, 0.6) is 0 Å². The van der Waals surface area contributed by atoms with E-state index in [0.717, 1.165) is 0 Å². The lowest BCUT2D eigenvalue weighted by Gasteiger charge is -2.20. The lowest BCUT2D eigenvalue weighted by Crippen LogP contribution is -2.33. The maximum Gasteiger partial charge on any atom is 0.280 e. The van der Waals surface area contributed by atoms with E-state index in [2.05, 4.69) is 20.3 Å². The van der Waals surface area contributed by atoms with E-state index in [1.807, 2.05) is 0 Å². The molecule has 3 aromatic rings. The van der Waals surface area contributed by atoms with Gasteiger partial charge in [0.1, 0.15) is 18.0 Å². The van der Waals surface area contributed by atoms with Crippen LogP contribution >= 0.6 is 0 Å². The van der Waals surface area contributed by atoms with Crippen molar-refractivity contribution in [3.05, 3.63) is 50.5 Å². The molecule has 6 rings (SSSR count). The Morgan fingerprint density at radius 2 is 2.03 bits per heavy atom. The van der Waals surface area contributed by atoms with Gasteiger partial charge in [0.2, 0.25) is 17.5 Å². The second kappa shape index (κ2) is 8.57. The number of allylic oxidation sites excluding steroid dienone is 2. The quantitative estimate of drug-likeness (QED) is 0.194. The fourth-order valence-corrected chi connectivity index (χ4v) is 5.58. The molecule has 200 valence electrons. The minimum Gasteiger partial charge on any atom is -0.395 e. The molecule has 0 radical (unpaired) electrons. The van der Waals surface area contributed by atoms with Gasteiger partial charge in [-0.15, -0.1) is 0 Å². The molecule has 1 saturated heterocycles. The predicted molar refractivity (Wildman–Crippen MR) is 130 cm³/mol. The van der Waals surface area contributed by atoms with E-state index < -0.39 is 54.3 Å². The van der Waals surface area contributed by atoms with Crippen molar-refractivity contribution in [3.8, 4) is 0 Å². The summed E-state index contributed by atoms with van der Waals surface area (Å²) in [7, 11) is 0. The van der Waals surface area contributed by atoms with E-state index in [9.17, 15) is 29.7 Å². The molecule has 3 aliphatic rings. The highest BCUT2D eigenvalue weighted by atomic mass is 16.5. The average Bonchev–Trinajstić information content (AvgIpc) is 3.63. The van der Waals surface area contributed by atoms with Crippen LogP contribution in [0.1, 0.15) is 57.7 Å². The molecule has 15 nitrogen and oxygen atoms in total. The third-order valence-corrected chi connectivity index (χ3v) is 7.53. The Labute approximate surface area is 213 Å². The van der Waals surface area contributed by atoms with Gasteiger partial charge < -0.3 is 41.4 Å². The standard InChI is InChI=1S/C23H26N8O7/c1-7-14(25)20(36)13-8(4-32)17-15(9(24)3-30(17)18(13)19(7)35)27-23-28-21-16(22(37)29-23)26-6-31(21)12-2-10(34)11(5-33)38-12/h6,9-12,15,32-34H,2-5,24-25H2,1H3,(H2,27,28,29,37)/t9-,10-,11+,12+,15+/m0/s1. The number of carbonyl (C=O) groups excluding carboxylic acids is 2. The summed E-state index contributed by atoms with van der Waals surface area (Å²) < 4.78 is 8.80. The number of anilines is 1. The molecule has 15 heteroatoms. The van der Waals surface area contributed by atoms with Crippen LogP contribution < -0.4 is 22.3 Å². The number of aliphatic hydroxyl groups is 3. The summed E-state index contributed by atoms with van der Waals surface area (Å²) in [4.78, 5) is 50.1. The first kappa shape index (κ1) is 24.4. The topological polar surface area (TPSA) is 237 Å². The largest absolute Gasteiger partial charge is 0.395 e. The van der Waals surface area contributed by atoms with Crippen molar-refractivity contribution in [1.82, 2.24) is 24.1 Å². The van der Waals surface area contributed by atoms with Gasteiger partial charge in [-0.25, -0.2) is 4.98 Å². The Kier molecular flexibility index (Phi) is 5.51. The number of ether oxygens (including phenoxy) is 1. The van der Waals surface area contributed by atoms with Gasteiger partial charge in [-0.1, -0.05) is 0 Å². The van der Waals surface area contributed by atoms with Gasteiger partial charge >= 0.3 is 0 Å². The molecular formula is C23H26N8O7. The number of hydrogen-bond donors (Lipinski definition) is 7. The van der Waals surface area contributed by atoms with Crippen LogP contribution in [0.3, 0.4) is 0 Å². The number of nitrogens with one attached hydrogen (secondary N) is 2. The van der Waals surface area contributed by atoms with Crippen molar-refractivity contribution < 1.29 is 29.6 Å². The minimum atomic E-state index is -0.896. The Bertz CT molecular complexity index is 1600. The summed E-state index contributed by atoms with van der Waals surface area (Å²) in [5.74, 6) is -0.917. The number of hydrogen-bond acceptors (Lipinski definition) is 12. The van der Waals surface area contributed by atoms with Crippen LogP contribution in [0.2, 0.25) is 0 Å². The van der Waals surface area contributed by atoms with E-state index in [0.29, 0.717) is 5.69 Å². The Hall–Kier alpha value is -3.89. The molecule has 3 aromatic heterocycles. The van der Waals surface area contributed by atoms with Gasteiger partial charge in [0.05, 0.1) is 42.9 Å². The highest BCUT2D eigenvalue weighted by Crippen LogP contribution is 2.40. The zero-order valence-electron chi connectivity index (χ0n) is 20.2. The molecule has 0 aromatic carbocycles. The molecule has 1 aliphatic carbocycles. The molecule has 0 saturated carbocycles. The molecule has 5 atom stereocenters. The lowest BCUT2D eigenvalue weighted by atomic mass is 9.89. The minimum absolute atomic E-state index is 0.0323. The van der Waals surface area contributed by atoms with Gasteiger partial charge in [0.25, 0.3) is 5.56 Å². The SMILES string of the molecule is CC1=C(N)C(=O)c2c(CO)c3n(c2C1=O)C[C@H](N)[C@H]3Nc1nc2c(ncn2[C@H]2C[C@H](O)[C@@H](CO)O2)c(=O)[nH]1. The number of nitrogens with two attached hydrogens (primary N) is 2. The Balaban J connectivity index is 1.41. The number of H-pyrrole nitrogens is 1. The first-order valence-electron chi connectivity index (χ1n) is 12.0. The summed E-state index contributed by atoms with van der Waals surface area (Å²) in [6, 6.07) is -1.33. The van der Waals surface area contributed by atoms with Crippen LogP contribution in [0, 0.1) is 0 Å². The molecule has 38 heavy (non-hydrogen) atoms. The fraction of sp³-hybridized carbons (Fsp3) is 0.435. The number of nitrogens with zero attached hydrogens (tertiary/aromatic N) is 4. The van der Waals surface area contributed by atoms with Gasteiger partial charge in [-0.2, -0.15) is 4.98 Å². The van der Waals surface area contributed by atoms with Crippen molar-refractivity contribution in [1.29, 1.82) is 0 Å². The van der Waals surface area contributed by atoms with Crippen molar-refractivity contribution in [3.63, 3.8) is 0 Å². The molecule has 0 unspecified atom stereocenters. The summed E-state index contributed by atoms with van der Waals surface area (Å²) >= 11 is 0. The number of carbonyl (C=O) groups is 2. The summed E-state index contributed by atoms with van der Waals surface area (Å²) in [6.45, 7) is 0.740. The fourth-order valence-electron chi connectivity index (χ4n) is 5.58.